The number of carbonyl (C=O) groups is 1. The van der Waals surface area contributed by atoms with Gasteiger partial charge >= 0.3 is 0 Å². The zero-order valence-corrected chi connectivity index (χ0v) is 12.4. The molecular weight excluding hydrogens is 252 g/mol. The normalized spacial score (nSPS) is 16.4. The number of aryl methyl sites for hydroxylation is 2. The monoisotopic (exact) mass is 276 g/mol. The summed E-state index contributed by atoms with van der Waals surface area (Å²) in [5.41, 5.74) is 7.91. The molecule has 1 fully saturated rings. The Hall–Kier alpha value is -1.49. The first kappa shape index (κ1) is 14.9. The van der Waals surface area contributed by atoms with Crippen molar-refractivity contribution in [2.24, 2.45) is 11.7 Å². The van der Waals surface area contributed by atoms with E-state index in [2.05, 4.69) is 10.2 Å². The summed E-state index contributed by atoms with van der Waals surface area (Å²) >= 11 is 0. The Kier molecular flexibility index (Phi) is 5.06. The predicted molar refractivity (Wildman–Crippen MR) is 78.4 cm³/mol. The first-order valence-electron chi connectivity index (χ1n) is 7.48. The zero-order valence-electron chi connectivity index (χ0n) is 12.4. The number of rotatable bonds is 4. The van der Waals surface area contributed by atoms with Gasteiger partial charge in [-0.05, 0) is 51.1 Å². The smallest absolute Gasteiger partial charge is 0.255 e. The minimum Gasteiger partial charge on any atom is -0.339 e. The van der Waals surface area contributed by atoms with Gasteiger partial charge in [-0.1, -0.05) is 6.92 Å². The van der Waals surface area contributed by atoms with Crippen molar-refractivity contribution in [2.45, 2.75) is 39.5 Å². The van der Waals surface area contributed by atoms with Crippen molar-refractivity contribution in [3.63, 3.8) is 0 Å². The molecule has 1 aliphatic heterocycles. The van der Waals surface area contributed by atoms with Crippen LogP contribution in [0.5, 0.6) is 0 Å². The number of carbonyl (C=O) groups excluding carboxylic acids is 1. The summed E-state index contributed by atoms with van der Waals surface area (Å²) in [4.78, 5) is 14.6. The van der Waals surface area contributed by atoms with Crippen LogP contribution in [0.2, 0.25) is 0 Å². The molecular formula is C15H24N4O. The van der Waals surface area contributed by atoms with Gasteiger partial charge in [0.05, 0.1) is 17.0 Å². The fourth-order valence-corrected chi connectivity index (χ4v) is 2.79. The van der Waals surface area contributed by atoms with Gasteiger partial charge in [-0.2, -0.15) is 10.2 Å². The first-order valence-corrected chi connectivity index (χ1v) is 7.48. The minimum atomic E-state index is 0.103. The van der Waals surface area contributed by atoms with Crippen LogP contribution in [-0.2, 0) is 6.42 Å². The molecule has 20 heavy (non-hydrogen) atoms. The standard InChI is InChI=1S/C15H24N4O/c1-3-14-13(10-11(2)17-18-14)15(20)19-8-5-12(4-7-16)6-9-19/h10,12H,3-9,16H2,1-2H3. The highest BCUT2D eigenvalue weighted by atomic mass is 16.2. The minimum absolute atomic E-state index is 0.103. The van der Waals surface area contributed by atoms with Gasteiger partial charge in [0, 0.05) is 13.1 Å². The van der Waals surface area contributed by atoms with Crippen LogP contribution in [0.3, 0.4) is 0 Å². The van der Waals surface area contributed by atoms with Gasteiger partial charge in [-0.3, -0.25) is 4.79 Å². The van der Waals surface area contributed by atoms with E-state index >= 15 is 0 Å². The maximum absolute atomic E-state index is 12.6. The SMILES string of the molecule is CCc1nnc(C)cc1C(=O)N1CCC(CCN)CC1. The molecule has 0 saturated carbocycles. The van der Waals surface area contributed by atoms with E-state index in [0.29, 0.717) is 5.92 Å². The number of nitrogens with zero attached hydrogens (tertiary/aromatic N) is 3. The highest BCUT2D eigenvalue weighted by Gasteiger charge is 2.25. The summed E-state index contributed by atoms with van der Waals surface area (Å²) in [6.45, 7) is 6.27. The third kappa shape index (κ3) is 3.33. The van der Waals surface area contributed by atoms with E-state index < -0.39 is 0 Å². The number of hydrogen-bond acceptors (Lipinski definition) is 4. The van der Waals surface area contributed by atoms with E-state index in [1.165, 1.54) is 0 Å². The molecule has 5 nitrogen and oxygen atoms in total. The number of piperidine rings is 1. The Morgan fingerprint density at radius 2 is 2.10 bits per heavy atom. The molecule has 1 aliphatic rings. The molecule has 1 aromatic heterocycles. The van der Waals surface area contributed by atoms with Gasteiger partial charge in [-0.25, -0.2) is 0 Å². The molecule has 1 saturated heterocycles. The highest BCUT2D eigenvalue weighted by Crippen LogP contribution is 2.22. The third-order valence-electron chi connectivity index (χ3n) is 4.03. The highest BCUT2D eigenvalue weighted by molar-refractivity contribution is 5.95. The van der Waals surface area contributed by atoms with Crippen molar-refractivity contribution < 1.29 is 4.79 Å². The van der Waals surface area contributed by atoms with Crippen molar-refractivity contribution in [1.29, 1.82) is 0 Å². The van der Waals surface area contributed by atoms with Crippen molar-refractivity contribution in [2.75, 3.05) is 19.6 Å². The summed E-state index contributed by atoms with van der Waals surface area (Å²) in [7, 11) is 0. The van der Waals surface area contributed by atoms with Crippen LogP contribution in [0.15, 0.2) is 6.07 Å². The molecule has 2 heterocycles. The molecule has 0 spiro atoms. The molecule has 110 valence electrons. The summed E-state index contributed by atoms with van der Waals surface area (Å²) in [5.74, 6) is 0.776. The maximum atomic E-state index is 12.6. The molecule has 5 heteroatoms. The second-order valence-corrected chi connectivity index (χ2v) is 5.51. The van der Waals surface area contributed by atoms with Gasteiger partial charge in [-0.15, -0.1) is 0 Å². The van der Waals surface area contributed by atoms with Crippen LogP contribution < -0.4 is 5.73 Å². The van der Waals surface area contributed by atoms with Crippen LogP contribution in [-0.4, -0.2) is 40.6 Å². The van der Waals surface area contributed by atoms with E-state index in [9.17, 15) is 4.79 Å². The van der Waals surface area contributed by atoms with Crippen molar-refractivity contribution in [1.82, 2.24) is 15.1 Å². The Balaban J connectivity index is 2.07. The summed E-state index contributed by atoms with van der Waals surface area (Å²) in [5, 5.41) is 8.18. The summed E-state index contributed by atoms with van der Waals surface area (Å²) in [6, 6.07) is 1.86. The predicted octanol–water partition coefficient (Wildman–Crippen LogP) is 1.55. The van der Waals surface area contributed by atoms with E-state index in [-0.39, 0.29) is 5.91 Å². The Morgan fingerprint density at radius 3 is 2.70 bits per heavy atom. The van der Waals surface area contributed by atoms with Crippen molar-refractivity contribution >= 4 is 5.91 Å². The summed E-state index contributed by atoms with van der Waals surface area (Å²) < 4.78 is 0. The van der Waals surface area contributed by atoms with E-state index in [1.807, 2.05) is 24.8 Å². The second kappa shape index (κ2) is 6.79. The lowest BCUT2D eigenvalue weighted by atomic mass is 9.93. The van der Waals surface area contributed by atoms with Crippen molar-refractivity contribution in [3.05, 3.63) is 23.0 Å². The van der Waals surface area contributed by atoms with Gasteiger partial charge < -0.3 is 10.6 Å². The quantitative estimate of drug-likeness (QED) is 0.905. The largest absolute Gasteiger partial charge is 0.339 e. The molecule has 0 radical (unpaired) electrons. The van der Waals surface area contributed by atoms with E-state index in [0.717, 1.165) is 62.3 Å². The Labute approximate surface area is 120 Å². The van der Waals surface area contributed by atoms with E-state index in [4.69, 9.17) is 5.73 Å². The third-order valence-corrected chi connectivity index (χ3v) is 4.03. The van der Waals surface area contributed by atoms with Crippen LogP contribution in [0, 0.1) is 12.8 Å². The fourth-order valence-electron chi connectivity index (χ4n) is 2.79. The maximum Gasteiger partial charge on any atom is 0.255 e. The van der Waals surface area contributed by atoms with Gasteiger partial charge in [0.25, 0.3) is 5.91 Å². The number of aromatic nitrogens is 2. The van der Waals surface area contributed by atoms with E-state index in [1.54, 1.807) is 0 Å². The van der Waals surface area contributed by atoms with Crippen LogP contribution in [0.1, 0.15) is 47.9 Å². The second-order valence-electron chi connectivity index (χ2n) is 5.51. The average molecular weight is 276 g/mol. The number of hydrogen-bond donors (Lipinski definition) is 1. The molecule has 2 N–H and O–H groups in total. The van der Waals surface area contributed by atoms with Crippen LogP contribution >= 0.6 is 0 Å². The lowest BCUT2D eigenvalue weighted by molar-refractivity contribution is 0.0686. The van der Waals surface area contributed by atoms with Crippen LogP contribution in [0.25, 0.3) is 0 Å². The number of likely N-dealkylation sites (tertiary alicyclic amines) is 1. The zero-order chi connectivity index (χ0) is 14.5. The average Bonchev–Trinajstić information content (AvgIpc) is 2.47. The fraction of sp³-hybridized carbons (Fsp3) is 0.667. The number of nitrogens with two attached hydrogens (primary N) is 1. The van der Waals surface area contributed by atoms with Gasteiger partial charge in [0.1, 0.15) is 0 Å². The lowest BCUT2D eigenvalue weighted by Gasteiger charge is -2.32. The molecule has 1 amide bonds. The molecule has 1 aromatic rings. The lowest BCUT2D eigenvalue weighted by Crippen LogP contribution is -2.39. The number of amides is 1. The van der Waals surface area contributed by atoms with Gasteiger partial charge in [0.2, 0.25) is 0 Å². The molecule has 0 atom stereocenters. The first-order chi connectivity index (χ1) is 9.65. The summed E-state index contributed by atoms with van der Waals surface area (Å²) in [6.07, 6.45) is 3.92. The van der Waals surface area contributed by atoms with Gasteiger partial charge in [0.15, 0.2) is 0 Å². The van der Waals surface area contributed by atoms with Crippen molar-refractivity contribution in [3.8, 4) is 0 Å². The molecule has 0 unspecified atom stereocenters. The molecule has 2 rings (SSSR count). The van der Waals surface area contributed by atoms with Crippen LogP contribution in [0.4, 0.5) is 0 Å². The molecule has 0 aromatic carbocycles. The Bertz CT molecular complexity index is 467. The Morgan fingerprint density at radius 1 is 1.40 bits per heavy atom. The molecule has 0 bridgehead atoms. The topological polar surface area (TPSA) is 72.1 Å². The molecule has 0 aliphatic carbocycles.